The van der Waals surface area contributed by atoms with Crippen molar-refractivity contribution in [2.75, 3.05) is 26.2 Å². The van der Waals surface area contributed by atoms with Crippen LogP contribution in [0.1, 0.15) is 13.8 Å². The second-order valence-corrected chi connectivity index (χ2v) is 3.61. The molecule has 0 aliphatic carbocycles. The van der Waals surface area contributed by atoms with Crippen LogP contribution in [0.2, 0.25) is 0 Å². The minimum Gasteiger partial charge on any atom is -0.329 e. The summed E-state index contributed by atoms with van der Waals surface area (Å²) in [7, 11) is 0. The van der Waals surface area contributed by atoms with E-state index in [0.29, 0.717) is 19.6 Å². The Hall–Kier alpha value is -1.10. The Balaban J connectivity index is 4.03. The summed E-state index contributed by atoms with van der Waals surface area (Å²) in [4.78, 5) is 2.07. The molecule has 4 heteroatoms. The van der Waals surface area contributed by atoms with Crippen LogP contribution < -0.4 is 5.73 Å². The minimum atomic E-state index is -0.00700. The summed E-state index contributed by atoms with van der Waals surface area (Å²) < 4.78 is 0. The topological polar surface area (TPSA) is 76.8 Å². The molecule has 0 aromatic rings. The normalized spacial score (nSPS) is 14.4. The second kappa shape index (κ2) is 7.32. The Morgan fingerprint density at radius 3 is 1.86 bits per heavy atom. The van der Waals surface area contributed by atoms with Gasteiger partial charge >= 0.3 is 0 Å². The number of hydrogen-bond donors (Lipinski definition) is 1. The summed E-state index contributed by atoms with van der Waals surface area (Å²) in [5.41, 5.74) is 5.46. The molecule has 4 nitrogen and oxygen atoms in total. The number of nitrogens with two attached hydrogens (primary N) is 1. The lowest BCUT2D eigenvalue weighted by Gasteiger charge is -2.23. The Labute approximate surface area is 85.9 Å². The number of rotatable bonds is 6. The van der Waals surface area contributed by atoms with Crippen molar-refractivity contribution < 1.29 is 0 Å². The van der Waals surface area contributed by atoms with Crippen LogP contribution in [0.3, 0.4) is 0 Å². The van der Waals surface area contributed by atoms with Gasteiger partial charge < -0.3 is 5.73 Å². The van der Waals surface area contributed by atoms with Crippen molar-refractivity contribution in [1.82, 2.24) is 4.90 Å². The summed E-state index contributed by atoms with van der Waals surface area (Å²) in [6, 6.07) is 4.36. The summed E-state index contributed by atoms with van der Waals surface area (Å²) in [5, 5.41) is 17.3. The zero-order valence-electron chi connectivity index (χ0n) is 8.90. The summed E-state index contributed by atoms with van der Waals surface area (Å²) in [6.45, 7) is 6.45. The molecule has 78 valence electrons. The van der Waals surface area contributed by atoms with E-state index in [4.69, 9.17) is 16.3 Å². The first-order valence-corrected chi connectivity index (χ1v) is 4.85. The predicted molar refractivity (Wildman–Crippen MR) is 55.0 cm³/mol. The monoisotopic (exact) mass is 194 g/mol. The molecule has 0 radical (unpaired) electrons. The van der Waals surface area contributed by atoms with Crippen LogP contribution in [0, 0.1) is 34.5 Å². The molecule has 0 amide bonds. The Morgan fingerprint density at radius 2 is 1.57 bits per heavy atom. The fourth-order valence-electron chi connectivity index (χ4n) is 1.30. The van der Waals surface area contributed by atoms with Gasteiger partial charge in [0.1, 0.15) is 0 Å². The molecule has 0 fully saturated rings. The van der Waals surface area contributed by atoms with E-state index in [-0.39, 0.29) is 11.8 Å². The molecule has 2 unspecified atom stereocenters. The highest BCUT2D eigenvalue weighted by atomic mass is 15.1. The number of hydrogen-bond acceptors (Lipinski definition) is 4. The van der Waals surface area contributed by atoms with Crippen LogP contribution in [0.5, 0.6) is 0 Å². The predicted octanol–water partition coefficient (Wildman–Crippen LogP) is 0.566. The van der Waals surface area contributed by atoms with Crippen molar-refractivity contribution in [2.45, 2.75) is 13.8 Å². The molecule has 0 heterocycles. The van der Waals surface area contributed by atoms with Crippen molar-refractivity contribution >= 4 is 0 Å². The standard InChI is InChI=1S/C10H18N4/c1-9(5-12)7-14(4-3-11)8-10(2)6-13/h9-10H,3-4,7-8,11H2,1-2H3. The third-order valence-corrected chi connectivity index (χ3v) is 1.95. The molecule has 2 N–H and O–H groups in total. The lowest BCUT2D eigenvalue weighted by molar-refractivity contribution is 0.245. The van der Waals surface area contributed by atoms with Gasteiger partial charge in [-0.15, -0.1) is 0 Å². The molecule has 0 aliphatic rings. The summed E-state index contributed by atoms with van der Waals surface area (Å²) in [5.74, 6) is -0.0140. The minimum absolute atomic E-state index is 0.00700. The van der Waals surface area contributed by atoms with E-state index in [2.05, 4.69) is 17.0 Å². The molecular formula is C10H18N4. The zero-order chi connectivity index (χ0) is 11.0. The van der Waals surface area contributed by atoms with Gasteiger partial charge in [0.25, 0.3) is 0 Å². The van der Waals surface area contributed by atoms with Crippen LogP contribution in [-0.4, -0.2) is 31.1 Å². The van der Waals surface area contributed by atoms with Crippen LogP contribution in [-0.2, 0) is 0 Å². The van der Waals surface area contributed by atoms with Gasteiger partial charge in [-0.25, -0.2) is 0 Å². The van der Waals surface area contributed by atoms with E-state index in [1.807, 2.05) is 13.8 Å². The first-order chi connectivity index (χ1) is 6.63. The summed E-state index contributed by atoms with van der Waals surface area (Å²) >= 11 is 0. The molecular weight excluding hydrogens is 176 g/mol. The first-order valence-electron chi connectivity index (χ1n) is 4.85. The highest BCUT2D eigenvalue weighted by molar-refractivity contribution is 4.85. The molecule has 0 saturated carbocycles. The first kappa shape index (κ1) is 12.9. The fraction of sp³-hybridized carbons (Fsp3) is 0.800. The fourth-order valence-corrected chi connectivity index (χ4v) is 1.30. The van der Waals surface area contributed by atoms with Gasteiger partial charge in [0.2, 0.25) is 0 Å². The maximum absolute atomic E-state index is 8.67. The van der Waals surface area contributed by atoms with E-state index in [0.717, 1.165) is 6.54 Å². The van der Waals surface area contributed by atoms with Crippen molar-refractivity contribution in [3.05, 3.63) is 0 Å². The number of nitriles is 2. The van der Waals surface area contributed by atoms with Gasteiger partial charge in [-0.2, -0.15) is 10.5 Å². The van der Waals surface area contributed by atoms with Crippen molar-refractivity contribution in [1.29, 1.82) is 10.5 Å². The molecule has 0 aliphatic heterocycles. The third-order valence-electron chi connectivity index (χ3n) is 1.95. The number of nitrogens with zero attached hydrogens (tertiary/aromatic N) is 3. The maximum Gasteiger partial charge on any atom is 0.0666 e. The average Bonchev–Trinajstić information content (AvgIpc) is 2.17. The molecule has 14 heavy (non-hydrogen) atoms. The van der Waals surface area contributed by atoms with Crippen molar-refractivity contribution in [2.24, 2.45) is 17.6 Å². The van der Waals surface area contributed by atoms with Crippen LogP contribution in [0.4, 0.5) is 0 Å². The molecule has 0 saturated heterocycles. The van der Waals surface area contributed by atoms with E-state index < -0.39 is 0 Å². The lowest BCUT2D eigenvalue weighted by atomic mass is 10.1. The van der Waals surface area contributed by atoms with E-state index >= 15 is 0 Å². The van der Waals surface area contributed by atoms with Crippen LogP contribution in [0.25, 0.3) is 0 Å². The molecule has 0 spiro atoms. The van der Waals surface area contributed by atoms with E-state index in [1.165, 1.54) is 0 Å². The van der Waals surface area contributed by atoms with Crippen molar-refractivity contribution in [3.8, 4) is 12.1 Å². The van der Waals surface area contributed by atoms with Gasteiger partial charge in [-0.1, -0.05) is 0 Å². The average molecular weight is 194 g/mol. The Morgan fingerprint density at radius 1 is 1.14 bits per heavy atom. The van der Waals surface area contributed by atoms with E-state index in [9.17, 15) is 0 Å². The maximum atomic E-state index is 8.67. The van der Waals surface area contributed by atoms with Gasteiger partial charge in [0, 0.05) is 26.2 Å². The third kappa shape index (κ3) is 5.53. The van der Waals surface area contributed by atoms with Gasteiger partial charge in [0.15, 0.2) is 0 Å². The Bertz CT molecular complexity index is 203. The van der Waals surface area contributed by atoms with E-state index in [1.54, 1.807) is 0 Å². The van der Waals surface area contributed by atoms with Gasteiger partial charge in [-0.3, -0.25) is 4.90 Å². The quantitative estimate of drug-likeness (QED) is 0.670. The highest BCUT2D eigenvalue weighted by Gasteiger charge is 2.11. The SMILES string of the molecule is CC(C#N)CN(CCN)CC(C)C#N. The zero-order valence-corrected chi connectivity index (χ0v) is 8.90. The summed E-state index contributed by atoms with van der Waals surface area (Å²) in [6.07, 6.45) is 0. The molecule has 0 aromatic carbocycles. The molecule has 0 aromatic heterocycles. The molecule has 0 rings (SSSR count). The molecule has 0 bridgehead atoms. The van der Waals surface area contributed by atoms with Crippen LogP contribution in [0.15, 0.2) is 0 Å². The van der Waals surface area contributed by atoms with Crippen LogP contribution >= 0.6 is 0 Å². The largest absolute Gasteiger partial charge is 0.329 e. The second-order valence-electron chi connectivity index (χ2n) is 3.61. The molecule has 2 atom stereocenters. The lowest BCUT2D eigenvalue weighted by Crippen LogP contribution is -2.36. The Kier molecular flexibility index (Phi) is 6.74. The smallest absolute Gasteiger partial charge is 0.0666 e. The van der Waals surface area contributed by atoms with Gasteiger partial charge in [-0.05, 0) is 13.8 Å². The highest BCUT2D eigenvalue weighted by Crippen LogP contribution is 2.02. The van der Waals surface area contributed by atoms with Crippen molar-refractivity contribution in [3.63, 3.8) is 0 Å². The van der Waals surface area contributed by atoms with Gasteiger partial charge in [0.05, 0.1) is 24.0 Å².